The minimum atomic E-state index is -0.155. The van der Waals surface area contributed by atoms with Crippen LogP contribution < -0.4 is 9.47 Å². The van der Waals surface area contributed by atoms with Crippen molar-refractivity contribution in [3.63, 3.8) is 0 Å². The average Bonchev–Trinajstić information content (AvgIpc) is 1.93. The highest BCUT2D eigenvalue weighted by atomic mass is 19.1. The molecule has 2 aliphatic heterocycles. The van der Waals surface area contributed by atoms with Crippen molar-refractivity contribution >= 4 is 0 Å². The van der Waals surface area contributed by atoms with Crippen LogP contribution in [0.5, 0.6) is 11.5 Å². The summed E-state index contributed by atoms with van der Waals surface area (Å²) in [6.07, 6.45) is 7.74. The standard InChI is InChI=1S/C15H23N.C14H21N.2C12H18O.C12H18.C11H17N.C10H13F.H2/c1-11(2)14-9-16(4)10-15(14)13-8-6-5-7-12(13)3;1-11(2)13-9-15(3)10-14(13)12-7-5-4-6-8-12;1-9(2)10(3)11-5-7-12(13-4)8-6-11;1-10(2)4-5-11-6-8-12(13-3)9-7-11;1-4-12(10(2)3)11-8-6-5-7-9-11;1-4-10(9(2)3)11-7-5-6-8-12-11;1-8(2)7-9-3-5-10(11)6-4-9;/h5-8,11,14-15H,9-10H2,1-4H3;4-8,11,13-14H,9-10H2,1-3H3;5-10H,1-4H3;6-10H,4-5H2,1-3H3;5-10,12H,4H2,1-3H3;5-10H,4H2,1-3H3;3-6,8H,7H2,1-2H3;1H. The van der Waals surface area contributed by atoms with E-state index in [-0.39, 0.29) is 7.24 Å². The molecule has 5 nitrogen and oxygen atoms in total. The number of methoxy groups -OCH3 is 2. The molecule has 7 unspecified atom stereocenters. The first-order valence-corrected chi connectivity index (χ1v) is 35.3. The van der Waals surface area contributed by atoms with Gasteiger partial charge in [-0.2, -0.15) is 0 Å². The number of hydrogen-bond acceptors (Lipinski definition) is 5. The molecule has 7 aromatic rings. The predicted octanol–water partition coefficient (Wildman–Crippen LogP) is 23.4. The first-order valence-electron chi connectivity index (χ1n) is 35.3. The first-order chi connectivity index (χ1) is 43.8. The zero-order chi connectivity index (χ0) is 68.3. The van der Waals surface area contributed by atoms with Gasteiger partial charge in [0.25, 0.3) is 0 Å². The quantitative estimate of drug-likeness (QED) is 0.0807. The SMILES string of the molecule is CC(C)C1CN(C)CC1c1ccccc1.CC(C)Cc1ccc(F)cc1.CCC(c1ccccc1)C(C)C.CCC(c1ccccn1)C(C)C.COc1ccc(C(C)C(C)C)cc1.COc1ccc(CCC(C)C)cc1.Cc1ccccc1C1CN(C)CC1C(C)C.[HH]. The van der Waals surface area contributed by atoms with Gasteiger partial charge in [0.1, 0.15) is 17.3 Å². The summed E-state index contributed by atoms with van der Waals surface area (Å²) in [5.41, 5.74) is 11.2. The Bertz CT molecular complexity index is 2880. The van der Waals surface area contributed by atoms with Crippen LogP contribution >= 0.6 is 0 Å². The number of pyridine rings is 1. The van der Waals surface area contributed by atoms with Crippen molar-refractivity contribution in [2.75, 3.05) is 54.5 Å². The van der Waals surface area contributed by atoms with Gasteiger partial charge in [0, 0.05) is 57.3 Å². The lowest BCUT2D eigenvalue weighted by Crippen LogP contribution is -2.18. The second kappa shape index (κ2) is 43.7. The molecular weight excluding hydrogens is 1130 g/mol. The van der Waals surface area contributed by atoms with E-state index in [0.717, 1.165) is 71.2 Å². The number of halogens is 1. The Kier molecular flexibility index (Phi) is 38.1. The second-order valence-corrected chi connectivity index (χ2v) is 28.7. The van der Waals surface area contributed by atoms with Crippen molar-refractivity contribution < 1.29 is 15.3 Å². The van der Waals surface area contributed by atoms with Crippen LogP contribution in [0.25, 0.3) is 0 Å². The largest absolute Gasteiger partial charge is 0.497 e. The van der Waals surface area contributed by atoms with E-state index >= 15 is 0 Å². The number of benzene rings is 6. The zero-order valence-electron chi connectivity index (χ0n) is 61.8. The van der Waals surface area contributed by atoms with Crippen molar-refractivity contribution in [3.8, 4) is 11.5 Å². The highest BCUT2D eigenvalue weighted by molar-refractivity contribution is 5.32. The van der Waals surface area contributed by atoms with Crippen LogP contribution in [0, 0.1) is 66.0 Å². The normalized spacial score (nSPS) is 17.2. The summed E-state index contributed by atoms with van der Waals surface area (Å²) in [6, 6.07) is 60.2. The average molecular weight is 1260 g/mol. The summed E-state index contributed by atoms with van der Waals surface area (Å²) in [4.78, 5) is 9.31. The molecule has 6 aromatic carbocycles. The maximum absolute atomic E-state index is 12.4. The smallest absolute Gasteiger partial charge is 0.123 e. The van der Waals surface area contributed by atoms with Crippen molar-refractivity contribution in [2.24, 2.45) is 53.3 Å². The molecule has 92 heavy (non-hydrogen) atoms. The van der Waals surface area contributed by atoms with Gasteiger partial charge in [0.2, 0.25) is 0 Å². The van der Waals surface area contributed by atoms with Crippen LogP contribution in [-0.4, -0.2) is 69.3 Å². The minimum absolute atomic E-state index is 0. The lowest BCUT2D eigenvalue weighted by molar-refractivity contribution is 0.344. The van der Waals surface area contributed by atoms with Gasteiger partial charge in [-0.15, -0.1) is 0 Å². The molecule has 9 rings (SSSR count). The van der Waals surface area contributed by atoms with E-state index in [2.05, 4.69) is 275 Å². The minimum Gasteiger partial charge on any atom is -0.497 e. The third kappa shape index (κ3) is 29.5. The molecule has 1 aromatic heterocycles. The molecule has 0 amide bonds. The van der Waals surface area contributed by atoms with Crippen molar-refractivity contribution in [3.05, 3.63) is 233 Å². The van der Waals surface area contributed by atoms with Gasteiger partial charge in [0.15, 0.2) is 0 Å². The predicted molar refractivity (Wildman–Crippen MR) is 401 cm³/mol. The molecule has 0 saturated carbocycles. The summed E-state index contributed by atoms with van der Waals surface area (Å²) in [7, 11) is 7.87. The summed E-state index contributed by atoms with van der Waals surface area (Å²) >= 11 is 0. The van der Waals surface area contributed by atoms with Crippen molar-refractivity contribution in [1.29, 1.82) is 0 Å². The molecule has 2 fully saturated rings. The molecule has 3 heterocycles. The summed E-state index contributed by atoms with van der Waals surface area (Å²) in [6.45, 7) is 45.7. The zero-order valence-corrected chi connectivity index (χ0v) is 61.8. The van der Waals surface area contributed by atoms with E-state index in [1.165, 1.54) is 103 Å². The molecule has 0 N–H and O–H groups in total. The number of aryl methyl sites for hydroxylation is 2. The molecule has 0 spiro atoms. The Hall–Kier alpha value is -6.08. The molecule has 0 bridgehead atoms. The number of aromatic nitrogens is 1. The van der Waals surface area contributed by atoms with Crippen LogP contribution in [0.15, 0.2) is 182 Å². The molecular formula is C86H130FN3O2. The second-order valence-electron chi connectivity index (χ2n) is 28.7. The fraction of sp³-hybridized carbons (Fsp3) is 0.523. The topological polar surface area (TPSA) is 37.8 Å². The molecule has 0 radical (unpaired) electrons. The van der Waals surface area contributed by atoms with Gasteiger partial charge >= 0.3 is 0 Å². The van der Waals surface area contributed by atoms with Gasteiger partial charge in [-0.25, -0.2) is 4.39 Å². The molecule has 2 saturated heterocycles. The fourth-order valence-corrected chi connectivity index (χ4v) is 12.8. The van der Waals surface area contributed by atoms with Crippen LogP contribution in [0.4, 0.5) is 4.39 Å². The van der Waals surface area contributed by atoms with E-state index in [1.807, 2.05) is 48.7 Å². The van der Waals surface area contributed by atoms with Gasteiger partial charge in [0.05, 0.1) is 14.2 Å². The number of ether oxygens (including phenoxy) is 2. The van der Waals surface area contributed by atoms with E-state index in [4.69, 9.17) is 9.47 Å². The highest BCUT2D eigenvalue weighted by Crippen LogP contribution is 2.39. The lowest BCUT2D eigenvalue weighted by Gasteiger charge is -2.23. The van der Waals surface area contributed by atoms with E-state index in [1.54, 1.807) is 19.8 Å². The van der Waals surface area contributed by atoms with Crippen LogP contribution in [0.2, 0.25) is 0 Å². The summed E-state index contributed by atoms with van der Waals surface area (Å²) in [5.74, 6) is 11.9. The number of rotatable bonds is 19. The lowest BCUT2D eigenvalue weighted by atomic mass is 9.80. The molecule has 2 aliphatic rings. The number of nitrogens with zero attached hydrogens (tertiary/aromatic N) is 3. The summed E-state index contributed by atoms with van der Waals surface area (Å²) in [5, 5.41) is 0. The fourth-order valence-electron chi connectivity index (χ4n) is 12.8. The third-order valence-corrected chi connectivity index (χ3v) is 18.8. The van der Waals surface area contributed by atoms with Gasteiger partial charge < -0.3 is 19.3 Å². The highest BCUT2D eigenvalue weighted by Gasteiger charge is 2.35. The van der Waals surface area contributed by atoms with Crippen LogP contribution in [0.3, 0.4) is 0 Å². The Morgan fingerprint density at radius 2 is 0.946 bits per heavy atom. The number of hydrogen-bond donors (Lipinski definition) is 0. The number of likely N-dealkylation sites (N-methyl/N-ethyl adjacent to an activating group) is 2. The van der Waals surface area contributed by atoms with Crippen LogP contribution in [0.1, 0.15) is 213 Å². The Labute approximate surface area is 565 Å². The van der Waals surface area contributed by atoms with Crippen molar-refractivity contribution in [2.45, 2.75) is 186 Å². The van der Waals surface area contributed by atoms with Gasteiger partial charge in [-0.05, 0) is 206 Å². The monoisotopic (exact) mass is 1260 g/mol. The van der Waals surface area contributed by atoms with Crippen LogP contribution in [-0.2, 0) is 12.8 Å². The first kappa shape index (κ1) is 80.2. The maximum Gasteiger partial charge on any atom is 0.123 e. The third-order valence-electron chi connectivity index (χ3n) is 18.8. The molecule has 7 atom stereocenters. The number of likely N-dealkylation sites (tertiary alicyclic amines) is 2. The van der Waals surface area contributed by atoms with Crippen molar-refractivity contribution in [1.82, 2.24) is 14.8 Å². The maximum atomic E-state index is 12.4. The Morgan fingerprint density at radius 1 is 0.478 bits per heavy atom. The van der Waals surface area contributed by atoms with Gasteiger partial charge in [-0.1, -0.05) is 245 Å². The van der Waals surface area contributed by atoms with E-state index in [0.29, 0.717) is 29.6 Å². The molecule has 508 valence electrons. The summed E-state index contributed by atoms with van der Waals surface area (Å²) < 4.78 is 22.6. The van der Waals surface area contributed by atoms with E-state index in [9.17, 15) is 4.39 Å². The Balaban J connectivity index is 0.000000370. The Morgan fingerprint density at radius 3 is 1.39 bits per heavy atom. The molecule has 0 aliphatic carbocycles. The van der Waals surface area contributed by atoms with E-state index < -0.39 is 0 Å². The molecule has 6 heteroatoms. The van der Waals surface area contributed by atoms with Gasteiger partial charge in [-0.3, -0.25) is 4.98 Å².